The smallest absolute Gasteiger partial charge is 0.0628 e. The van der Waals surface area contributed by atoms with Crippen molar-refractivity contribution in [3.63, 3.8) is 0 Å². The monoisotopic (exact) mass is 695 g/mol. The molecule has 8 N–H and O–H groups in total. The molecule has 9 aliphatic rings. The average Bonchev–Trinajstić information content (AvgIpc) is 3.85. The van der Waals surface area contributed by atoms with E-state index in [-0.39, 0.29) is 19.5 Å². The molecule has 8 bridgehead atoms. The molecule has 0 amide bonds. The molecule has 256 valence electrons. The van der Waals surface area contributed by atoms with Gasteiger partial charge in [-0.1, -0.05) is 57.4 Å². The van der Waals surface area contributed by atoms with E-state index in [0.29, 0.717) is 49.3 Å². The molecule has 0 aromatic carbocycles. The van der Waals surface area contributed by atoms with Crippen LogP contribution in [0, 0.1) is 47.3 Å². The van der Waals surface area contributed by atoms with Gasteiger partial charge in [-0.3, -0.25) is 47.5 Å². The third kappa shape index (κ3) is 6.67. The van der Waals surface area contributed by atoms with Gasteiger partial charge in [-0.05, 0) is 111 Å². The van der Waals surface area contributed by atoms with Crippen LogP contribution >= 0.6 is 0 Å². The van der Waals surface area contributed by atoms with Crippen molar-refractivity contribution in [1.29, 1.82) is 0 Å². The summed E-state index contributed by atoms with van der Waals surface area (Å²) in [5, 5.41) is 33.8. The van der Waals surface area contributed by atoms with Gasteiger partial charge in [0, 0.05) is 31.9 Å². The molecule has 47 heavy (non-hydrogen) atoms. The van der Waals surface area contributed by atoms with Crippen LogP contribution < -0.4 is 42.5 Å². The summed E-state index contributed by atoms with van der Waals surface area (Å²) < 4.78 is 0. The van der Waals surface area contributed by atoms with Crippen molar-refractivity contribution in [3.05, 3.63) is 30.6 Å². The van der Waals surface area contributed by atoms with Crippen LogP contribution in [0.15, 0.2) is 30.6 Å². The summed E-state index contributed by atoms with van der Waals surface area (Å²) in [6, 6.07) is 5.72. The van der Waals surface area contributed by atoms with Gasteiger partial charge < -0.3 is 0 Å². The molecule has 4 aliphatic carbocycles. The maximum absolute atomic E-state index is 4.26. The van der Waals surface area contributed by atoms with Crippen LogP contribution in [0.5, 0.6) is 0 Å². The van der Waals surface area contributed by atoms with Gasteiger partial charge in [-0.15, -0.1) is 0 Å². The van der Waals surface area contributed by atoms with Gasteiger partial charge in [0.2, 0.25) is 0 Å². The molecule has 0 radical (unpaired) electrons. The van der Waals surface area contributed by atoms with E-state index in [4.69, 9.17) is 0 Å². The fourth-order valence-corrected chi connectivity index (χ4v) is 12.3. The second kappa shape index (κ2) is 15.0. The molecule has 6 heterocycles. The van der Waals surface area contributed by atoms with Crippen LogP contribution in [-0.2, 0) is 19.5 Å². The molecule has 4 saturated carbocycles. The number of fused-ring (bicyclic) bond motifs is 20. The van der Waals surface area contributed by atoms with Crippen molar-refractivity contribution in [2.75, 3.05) is 0 Å². The maximum Gasteiger partial charge on any atom is 0.0628 e. The molecule has 0 spiro atoms. The Kier molecular flexibility index (Phi) is 10.7. The predicted molar refractivity (Wildman–Crippen MR) is 181 cm³/mol. The molecular formula is C37H61N9Zn. The average molecular weight is 697 g/mol. The molecule has 5 saturated heterocycles. The van der Waals surface area contributed by atoms with Gasteiger partial charge >= 0.3 is 0 Å². The summed E-state index contributed by atoms with van der Waals surface area (Å²) in [5.74, 6) is 5.97. The molecule has 8 atom stereocenters. The van der Waals surface area contributed by atoms with E-state index in [9.17, 15) is 0 Å². The molecule has 5 aliphatic heterocycles. The maximum atomic E-state index is 4.26. The number of hydrogen-bond acceptors (Lipinski definition) is 9. The van der Waals surface area contributed by atoms with E-state index < -0.39 is 0 Å². The fourth-order valence-electron chi connectivity index (χ4n) is 12.3. The zero-order valence-corrected chi connectivity index (χ0v) is 31.6. The van der Waals surface area contributed by atoms with Gasteiger partial charge in [0.25, 0.3) is 0 Å². The van der Waals surface area contributed by atoms with Crippen molar-refractivity contribution in [1.82, 2.24) is 47.5 Å². The number of nitrogens with zero attached hydrogens (tertiary/aromatic N) is 1. The quantitative estimate of drug-likeness (QED) is 0.193. The van der Waals surface area contributed by atoms with Gasteiger partial charge in [-0.25, -0.2) is 0 Å². The molecule has 10 rings (SSSR count). The van der Waals surface area contributed by atoms with Crippen LogP contribution in [0.4, 0.5) is 0 Å². The van der Waals surface area contributed by atoms with E-state index in [1.165, 1.54) is 103 Å². The Bertz CT molecular complexity index is 911. The minimum absolute atomic E-state index is 0. The van der Waals surface area contributed by atoms with Crippen LogP contribution in [0.3, 0.4) is 0 Å². The van der Waals surface area contributed by atoms with Crippen molar-refractivity contribution in [2.45, 2.75) is 152 Å². The van der Waals surface area contributed by atoms with Crippen LogP contribution in [-0.4, -0.2) is 54.3 Å². The second-order valence-corrected chi connectivity index (χ2v) is 16.6. The number of aromatic nitrogens is 1. The minimum Gasteiger partial charge on any atom is -0.286 e. The van der Waals surface area contributed by atoms with E-state index in [1.54, 1.807) is 12.4 Å². The summed E-state index contributed by atoms with van der Waals surface area (Å²) in [4.78, 5) is 3.78. The Morgan fingerprint density at radius 3 is 0.617 bits per heavy atom. The standard InChI is InChI=1S/C32H56N8.C5H5N.Zn/c1-2-10-18-17(9-1)25-33-26(18)38-28-21-13-5-6-14-22(21)30(35-28)40-32-24-16-8-7-15-23(24)31(36-32)39-29-20-12-4-3-11-19(20)27(34-29)37-25;1-2-4-6-5-3-1;/h17-40H,1-16H2;1-5H;. The van der Waals surface area contributed by atoms with Crippen molar-refractivity contribution >= 4 is 0 Å². The zero-order chi connectivity index (χ0) is 30.5. The SMILES string of the molecule is C1CCC2C3NC(NC4NC(NC5NC(NC6NC(N3)C3CCCCC63)C3CCCCC53)C3CCCCC43)C2C1.[Zn].c1ccncc1. The first kappa shape index (κ1) is 33.6. The summed E-state index contributed by atoms with van der Waals surface area (Å²) in [6.07, 6.45) is 29.1. The molecular weight excluding hydrogens is 636 g/mol. The molecule has 8 unspecified atom stereocenters. The van der Waals surface area contributed by atoms with Gasteiger partial charge in [-0.2, -0.15) is 0 Å². The summed E-state index contributed by atoms with van der Waals surface area (Å²) in [5.41, 5.74) is 0. The van der Waals surface area contributed by atoms with E-state index in [2.05, 4.69) is 47.5 Å². The summed E-state index contributed by atoms with van der Waals surface area (Å²) >= 11 is 0. The number of rotatable bonds is 0. The number of pyridine rings is 1. The summed E-state index contributed by atoms with van der Waals surface area (Å²) in [7, 11) is 0. The number of hydrogen-bond donors (Lipinski definition) is 8. The Morgan fingerprint density at radius 2 is 0.489 bits per heavy atom. The van der Waals surface area contributed by atoms with E-state index in [1.807, 2.05) is 18.2 Å². The van der Waals surface area contributed by atoms with Crippen molar-refractivity contribution in [3.8, 4) is 0 Å². The Hall–Kier alpha value is -0.547. The van der Waals surface area contributed by atoms with Crippen LogP contribution in [0.1, 0.15) is 103 Å². The van der Waals surface area contributed by atoms with Crippen LogP contribution in [0.25, 0.3) is 0 Å². The second-order valence-electron chi connectivity index (χ2n) is 16.6. The van der Waals surface area contributed by atoms with Crippen LogP contribution in [0.2, 0.25) is 0 Å². The summed E-state index contributed by atoms with van der Waals surface area (Å²) in [6.45, 7) is 0. The van der Waals surface area contributed by atoms with E-state index >= 15 is 0 Å². The molecule has 10 heteroatoms. The minimum atomic E-state index is 0. The van der Waals surface area contributed by atoms with Gasteiger partial charge in [0.1, 0.15) is 0 Å². The molecule has 9 fully saturated rings. The number of nitrogens with one attached hydrogen (secondary N) is 8. The normalized spacial score (nSPS) is 50.0. The Labute approximate surface area is 296 Å². The van der Waals surface area contributed by atoms with Gasteiger partial charge in [0.05, 0.1) is 49.3 Å². The third-order valence-corrected chi connectivity index (χ3v) is 14.4. The zero-order valence-electron chi connectivity index (χ0n) is 28.6. The Morgan fingerprint density at radius 1 is 0.298 bits per heavy atom. The van der Waals surface area contributed by atoms with Gasteiger partial charge in [0.15, 0.2) is 0 Å². The first-order chi connectivity index (χ1) is 22.8. The Balaban J connectivity index is 0.000000420. The third-order valence-electron chi connectivity index (χ3n) is 14.4. The van der Waals surface area contributed by atoms with Crippen molar-refractivity contribution in [2.24, 2.45) is 47.3 Å². The first-order valence-corrected chi connectivity index (χ1v) is 19.7. The fraction of sp³-hybridized carbons (Fsp3) is 0.865. The first-order valence-electron chi connectivity index (χ1n) is 19.7. The molecule has 9 nitrogen and oxygen atoms in total. The topological polar surface area (TPSA) is 109 Å². The predicted octanol–water partition coefficient (Wildman–Crippen LogP) is 3.68. The molecule has 1 aromatic heterocycles. The largest absolute Gasteiger partial charge is 0.286 e. The van der Waals surface area contributed by atoms with E-state index in [0.717, 1.165) is 47.3 Å². The van der Waals surface area contributed by atoms with Crippen molar-refractivity contribution < 1.29 is 19.5 Å². The molecule has 1 aromatic rings.